The summed E-state index contributed by atoms with van der Waals surface area (Å²) in [6.07, 6.45) is 0. The third-order valence-corrected chi connectivity index (χ3v) is 1.17. The Labute approximate surface area is 83.1 Å². The van der Waals surface area contributed by atoms with E-state index in [0.717, 1.165) is 6.54 Å². The van der Waals surface area contributed by atoms with Crippen LogP contribution in [-0.2, 0) is 11.3 Å². The summed E-state index contributed by atoms with van der Waals surface area (Å²) in [7, 11) is 0. The lowest BCUT2D eigenvalue weighted by Gasteiger charge is -2.21. The van der Waals surface area contributed by atoms with Crippen LogP contribution in [0.4, 0.5) is 0 Å². The van der Waals surface area contributed by atoms with E-state index >= 15 is 0 Å². The first-order chi connectivity index (χ1) is 4.83. The second-order valence-electron chi connectivity index (χ2n) is 3.00. The van der Waals surface area contributed by atoms with Crippen LogP contribution in [0.25, 0.3) is 0 Å². The van der Waals surface area contributed by atoms with Crippen LogP contribution >= 0.6 is 12.4 Å². The van der Waals surface area contributed by atoms with Crippen LogP contribution in [0.1, 0.15) is 27.7 Å². The highest BCUT2D eigenvalue weighted by Crippen LogP contribution is 1.97. The van der Waals surface area contributed by atoms with Crippen molar-refractivity contribution in [1.82, 2.24) is 4.72 Å². The Kier molecular flexibility index (Phi) is 14.2. The number of rotatable bonds is 1. The largest absolute Gasteiger partial charge is 0.760 e. The summed E-state index contributed by atoms with van der Waals surface area (Å²) >= 11 is -2.14. The molecule has 0 saturated heterocycles. The minimum Gasteiger partial charge on any atom is -0.760 e. The third kappa shape index (κ3) is 31.7. The highest BCUT2D eigenvalue weighted by molar-refractivity contribution is 7.77. The van der Waals surface area contributed by atoms with Crippen molar-refractivity contribution in [1.29, 1.82) is 0 Å². The van der Waals surface area contributed by atoms with Gasteiger partial charge in [0.2, 0.25) is 0 Å². The van der Waals surface area contributed by atoms with Crippen molar-refractivity contribution in [3.05, 3.63) is 0 Å². The van der Waals surface area contributed by atoms with E-state index in [1.54, 1.807) is 20.8 Å². The quantitative estimate of drug-likeness (QED) is 0.630. The lowest BCUT2D eigenvalue weighted by atomic mass is 10.1. The van der Waals surface area contributed by atoms with E-state index in [9.17, 15) is 8.76 Å². The lowest BCUT2D eigenvalue weighted by Crippen LogP contribution is -2.36. The molecule has 78 valence electrons. The van der Waals surface area contributed by atoms with Crippen molar-refractivity contribution < 1.29 is 8.76 Å². The Morgan fingerprint density at radius 3 is 1.75 bits per heavy atom. The van der Waals surface area contributed by atoms with Gasteiger partial charge in [-0.2, -0.15) is 0 Å². The summed E-state index contributed by atoms with van der Waals surface area (Å²) in [5.74, 6) is 0. The monoisotopic (exact) mass is 217 g/mol. The Morgan fingerprint density at radius 1 is 1.50 bits per heavy atom. The lowest BCUT2D eigenvalue weighted by molar-refractivity contribution is 0.463. The summed E-state index contributed by atoms with van der Waals surface area (Å²) in [6.45, 7) is 7.99. The molecule has 0 aromatic carbocycles. The van der Waals surface area contributed by atoms with Crippen molar-refractivity contribution in [3.63, 3.8) is 0 Å². The van der Waals surface area contributed by atoms with Crippen LogP contribution in [0, 0.1) is 0 Å². The summed E-state index contributed by atoms with van der Waals surface area (Å²) in [6, 6.07) is 0. The molecular formula is C6H18ClN2O2S-. The maximum Gasteiger partial charge on any atom is 0.0211 e. The molecule has 3 N–H and O–H groups in total. The molecule has 0 aromatic rings. The maximum atomic E-state index is 9.90. The normalized spacial score (nSPS) is 12.2. The maximum absolute atomic E-state index is 9.90. The van der Waals surface area contributed by atoms with Gasteiger partial charge in [0, 0.05) is 16.8 Å². The zero-order valence-corrected chi connectivity index (χ0v) is 9.55. The zero-order valence-electron chi connectivity index (χ0n) is 7.92. The van der Waals surface area contributed by atoms with E-state index in [0.29, 0.717) is 0 Å². The van der Waals surface area contributed by atoms with E-state index in [1.807, 2.05) is 6.92 Å². The van der Waals surface area contributed by atoms with Gasteiger partial charge in [-0.25, -0.2) is 4.72 Å². The van der Waals surface area contributed by atoms with Gasteiger partial charge in [0.05, 0.1) is 0 Å². The predicted molar refractivity (Wildman–Crippen MR) is 53.8 cm³/mol. The van der Waals surface area contributed by atoms with Crippen LogP contribution in [0.5, 0.6) is 0 Å². The summed E-state index contributed by atoms with van der Waals surface area (Å²) < 4.78 is 22.1. The van der Waals surface area contributed by atoms with Crippen molar-refractivity contribution in [2.45, 2.75) is 33.2 Å². The summed E-state index contributed by atoms with van der Waals surface area (Å²) in [5, 5.41) is 0. The van der Waals surface area contributed by atoms with E-state index < -0.39 is 11.3 Å². The molecule has 0 rings (SSSR count). The molecule has 0 aromatic heterocycles. The highest BCUT2D eigenvalue weighted by Gasteiger charge is 2.06. The van der Waals surface area contributed by atoms with Crippen LogP contribution in [0.2, 0.25) is 0 Å². The molecule has 0 saturated carbocycles. The summed E-state index contributed by atoms with van der Waals surface area (Å²) in [5.41, 5.74) is 4.51. The van der Waals surface area contributed by atoms with Crippen molar-refractivity contribution in [2.24, 2.45) is 5.73 Å². The van der Waals surface area contributed by atoms with Crippen molar-refractivity contribution >= 4 is 23.7 Å². The van der Waals surface area contributed by atoms with Crippen LogP contribution in [0.15, 0.2) is 0 Å². The Morgan fingerprint density at radius 2 is 1.75 bits per heavy atom. The molecule has 0 radical (unpaired) electrons. The molecule has 0 spiro atoms. The van der Waals surface area contributed by atoms with Gasteiger partial charge in [-0.3, -0.25) is 4.21 Å². The molecule has 12 heavy (non-hydrogen) atoms. The molecule has 6 heteroatoms. The molecule has 0 aliphatic rings. The molecule has 0 bridgehead atoms. The van der Waals surface area contributed by atoms with Crippen molar-refractivity contribution in [2.75, 3.05) is 6.54 Å². The van der Waals surface area contributed by atoms with E-state index in [-0.39, 0.29) is 17.9 Å². The Hall–Kier alpha value is 0.320. The van der Waals surface area contributed by atoms with E-state index in [4.69, 9.17) is 5.73 Å². The third-order valence-electron chi connectivity index (χ3n) is 0.390. The standard InChI is InChI=1S/C4H11NO2S.C2H7N.ClH/c1-4(2,3)5-8(6)7;1-2-3;/h5H,1-3H3,(H,6,7);2-3H2,1H3;1H/p-1. The van der Waals surface area contributed by atoms with Crippen molar-refractivity contribution in [3.8, 4) is 0 Å². The van der Waals surface area contributed by atoms with Gasteiger partial charge >= 0.3 is 0 Å². The first kappa shape index (κ1) is 18.2. The number of nitrogens with one attached hydrogen (secondary N) is 1. The molecule has 1 unspecified atom stereocenters. The number of hydrogen-bond donors (Lipinski definition) is 2. The van der Waals surface area contributed by atoms with Gasteiger partial charge < -0.3 is 10.3 Å². The summed E-state index contributed by atoms with van der Waals surface area (Å²) in [4.78, 5) is 0. The molecular weight excluding hydrogens is 200 g/mol. The zero-order chi connectivity index (χ0) is 9.49. The fraction of sp³-hybridized carbons (Fsp3) is 1.00. The van der Waals surface area contributed by atoms with Crippen LogP contribution in [0.3, 0.4) is 0 Å². The predicted octanol–water partition coefficient (Wildman–Crippen LogP) is 0.555. The minimum absolute atomic E-state index is 0. The fourth-order valence-electron chi connectivity index (χ4n) is 0.250. The Balaban J connectivity index is -0.000000177. The molecule has 0 heterocycles. The van der Waals surface area contributed by atoms with Crippen LogP contribution in [-0.4, -0.2) is 20.8 Å². The smallest absolute Gasteiger partial charge is 0.0211 e. The fourth-order valence-corrected chi connectivity index (χ4v) is 0.750. The first-order valence-corrected chi connectivity index (χ1v) is 4.48. The van der Waals surface area contributed by atoms with Gasteiger partial charge in [-0.15, -0.1) is 12.4 Å². The molecule has 0 aliphatic carbocycles. The first-order valence-electron chi connectivity index (χ1n) is 3.40. The van der Waals surface area contributed by atoms with Gasteiger partial charge in [-0.05, 0) is 27.3 Å². The van der Waals surface area contributed by atoms with E-state index in [1.165, 1.54) is 0 Å². The van der Waals surface area contributed by atoms with Gasteiger partial charge in [-0.1, -0.05) is 6.92 Å². The Bertz CT molecular complexity index is 117. The second kappa shape index (κ2) is 9.41. The van der Waals surface area contributed by atoms with E-state index in [2.05, 4.69) is 4.72 Å². The second-order valence-corrected chi connectivity index (χ2v) is 3.67. The number of halogens is 1. The molecule has 0 amide bonds. The van der Waals surface area contributed by atoms with Crippen LogP contribution < -0.4 is 10.5 Å². The highest BCUT2D eigenvalue weighted by atomic mass is 35.5. The average Bonchev–Trinajstić information content (AvgIpc) is 1.57. The SMILES string of the molecule is CC(C)(C)NS(=O)[O-].CCN.Cl. The minimum atomic E-state index is -2.14. The number of hydrogen-bond acceptors (Lipinski definition) is 3. The van der Waals surface area contributed by atoms with Gasteiger partial charge in [0.25, 0.3) is 0 Å². The molecule has 1 atom stereocenters. The van der Waals surface area contributed by atoms with Gasteiger partial charge in [0.1, 0.15) is 0 Å². The van der Waals surface area contributed by atoms with Gasteiger partial charge in [0.15, 0.2) is 0 Å². The molecule has 0 fully saturated rings. The molecule has 0 aliphatic heterocycles. The topological polar surface area (TPSA) is 78.2 Å². The number of nitrogens with two attached hydrogens (primary N) is 1. The molecule has 4 nitrogen and oxygen atoms in total. The average molecular weight is 218 g/mol.